The van der Waals surface area contributed by atoms with E-state index in [4.69, 9.17) is 14.5 Å². The number of benzene rings is 1. The first-order valence-corrected chi connectivity index (χ1v) is 10.0. The summed E-state index contributed by atoms with van der Waals surface area (Å²) in [5, 5.41) is 0. The summed E-state index contributed by atoms with van der Waals surface area (Å²) in [6.45, 7) is 1.18. The largest absolute Gasteiger partial charge is 0.497 e. The highest BCUT2D eigenvalue weighted by Crippen LogP contribution is 2.37. The maximum atomic E-state index is 12.9. The first kappa shape index (κ1) is 21.0. The quantitative estimate of drug-likeness (QED) is 0.713. The van der Waals surface area contributed by atoms with Crippen molar-refractivity contribution in [2.45, 2.75) is 31.7 Å². The Kier molecular flexibility index (Phi) is 7.04. The predicted octanol–water partition coefficient (Wildman–Crippen LogP) is 3.31. The van der Waals surface area contributed by atoms with E-state index in [1.165, 1.54) is 0 Å². The summed E-state index contributed by atoms with van der Waals surface area (Å²) in [5.74, 6) is 1.56. The fourth-order valence-electron chi connectivity index (χ4n) is 3.70. The van der Waals surface area contributed by atoms with Gasteiger partial charge in [0.05, 0.1) is 31.9 Å². The molecular formula is C22H30N4O3. The maximum Gasteiger partial charge on any atom is 0.225 e. The third-order valence-corrected chi connectivity index (χ3v) is 5.27. The second-order valence-corrected chi connectivity index (χ2v) is 7.43. The molecule has 1 aromatic carbocycles. The first-order valence-electron chi connectivity index (χ1n) is 10.0. The third-order valence-electron chi connectivity index (χ3n) is 5.27. The Bertz CT molecular complexity index is 823. The lowest BCUT2D eigenvalue weighted by atomic mass is 9.93. The van der Waals surface area contributed by atoms with E-state index in [1.54, 1.807) is 14.2 Å². The van der Waals surface area contributed by atoms with Crippen LogP contribution in [0.1, 0.15) is 37.4 Å². The van der Waals surface area contributed by atoms with Crippen molar-refractivity contribution in [3.63, 3.8) is 0 Å². The van der Waals surface area contributed by atoms with Crippen molar-refractivity contribution in [2.24, 2.45) is 0 Å². The highest BCUT2D eigenvalue weighted by Gasteiger charge is 2.31. The smallest absolute Gasteiger partial charge is 0.225 e. The molecule has 2 heterocycles. The Morgan fingerprint density at radius 3 is 2.62 bits per heavy atom. The number of amides is 1. The summed E-state index contributed by atoms with van der Waals surface area (Å²) in [4.78, 5) is 26.1. The zero-order valence-electron chi connectivity index (χ0n) is 17.7. The molecule has 1 aliphatic rings. The van der Waals surface area contributed by atoms with Crippen molar-refractivity contribution in [2.75, 3.05) is 46.4 Å². The number of piperidine rings is 1. The molecule has 0 radical (unpaired) electrons. The average molecular weight is 399 g/mol. The van der Waals surface area contributed by atoms with Gasteiger partial charge in [-0.05, 0) is 37.0 Å². The summed E-state index contributed by atoms with van der Waals surface area (Å²) in [6.07, 6.45) is 5.23. The number of likely N-dealkylation sites (tertiary alicyclic amines) is 1. The molecular weight excluding hydrogens is 368 g/mol. The van der Waals surface area contributed by atoms with Crippen LogP contribution in [0.4, 0.5) is 5.95 Å². The minimum atomic E-state index is -0.0630. The van der Waals surface area contributed by atoms with Gasteiger partial charge in [0.2, 0.25) is 11.9 Å². The lowest BCUT2D eigenvalue weighted by molar-refractivity contribution is -0.136. The third kappa shape index (κ3) is 4.85. The van der Waals surface area contributed by atoms with Crippen molar-refractivity contribution in [1.82, 2.24) is 14.9 Å². The normalized spacial score (nSPS) is 16.6. The van der Waals surface area contributed by atoms with Crippen LogP contribution in [0, 0.1) is 0 Å². The summed E-state index contributed by atoms with van der Waals surface area (Å²) in [5.41, 5.74) is 2.87. The number of methoxy groups -OCH3 is 2. The van der Waals surface area contributed by atoms with Crippen LogP contribution in [0.3, 0.4) is 0 Å². The van der Waals surface area contributed by atoms with Crippen LogP contribution in [0.5, 0.6) is 5.75 Å². The molecule has 29 heavy (non-hydrogen) atoms. The lowest BCUT2D eigenvalue weighted by Crippen LogP contribution is -2.39. The summed E-state index contributed by atoms with van der Waals surface area (Å²) >= 11 is 0. The van der Waals surface area contributed by atoms with E-state index in [2.05, 4.69) is 4.98 Å². The van der Waals surface area contributed by atoms with Gasteiger partial charge in [-0.2, -0.15) is 0 Å². The highest BCUT2D eigenvalue weighted by atomic mass is 16.5. The molecule has 1 fully saturated rings. The summed E-state index contributed by atoms with van der Waals surface area (Å²) < 4.78 is 10.4. The number of nitrogens with zero attached hydrogens (tertiary/aromatic N) is 4. The average Bonchev–Trinajstić information content (AvgIpc) is 2.77. The molecule has 7 heteroatoms. The number of carbonyl (C=O) groups is 1. The topological polar surface area (TPSA) is 67.8 Å². The number of hydrogen-bond acceptors (Lipinski definition) is 6. The van der Waals surface area contributed by atoms with E-state index in [0.717, 1.165) is 48.4 Å². The van der Waals surface area contributed by atoms with Crippen LogP contribution in [0.25, 0.3) is 11.1 Å². The molecule has 1 amide bonds. The molecule has 0 spiro atoms. The van der Waals surface area contributed by atoms with Crippen LogP contribution < -0.4 is 9.64 Å². The minimum Gasteiger partial charge on any atom is -0.497 e. The van der Waals surface area contributed by atoms with Gasteiger partial charge in [-0.25, -0.2) is 9.97 Å². The summed E-state index contributed by atoms with van der Waals surface area (Å²) in [7, 11) is 7.13. The fourth-order valence-corrected chi connectivity index (χ4v) is 3.70. The van der Waals surface area contributed by atoms with E-state index < -0.39 is 0 Å². The van der Waals surface area contributed by atoms with Crippen molar-refractivity contribution in [3.8, 4) is 16.9 Å². The van der Waals surface area contributed by atoms with Gasteiger partial charge in [0, 0.05) is 39.5 Å². The van der Waals surface area contributed by atoms with E-state index >= 15 is 0 Å². The number of hydrogen-bond donors (Lipinski definition) is 0. The molecule has 156 valence electrons. The molecule has 0 bridgehead atoms. The monoisotopic (exact) mass is 398 g/mol. The standard InChI is InChI=1S/C22H30N4O3/c1-25(2)22-23-15-18(16-8-10-17(29-4)11-9-16)21(24-22)19-7-5-6-13-26(19)20(27)12-14-28-3/h8-11,15,19H,5-7,12-14H2,1-4H3. The molecule has 3 rings (SSSR count). The van der Waals surface area contributed by atoms with Crippen LogP contribution in [-0.2, 0) is 9.53 Å². The van der Waals surface area contributed by atoms with Gasteiger partial charge < -0.3 is 19.3 Å². The van der Waals surface area contributed by atoms with E-state index in [-0.39, 0.29) is 11.9 Å². The van der Waals surface area contributed by atoms with Crippen LogP contribution in [-0.4, -0.2) is 62.2 Å². The van der Waals surface area contributed by atoms with E-state index in [0.29, 0.717) is 19.0 Å². The number of aromatic nitrogens is 2. The van der Waals surface area contributed by atoms with Crippen molar-refractivity contribution in [1.29, 1.82) is 0 Å². The molecule has 2 aromatic rings. The van der Waals surface area contributed by atoms with Gasteiger partial charge in [0.15, 0.2) is 0 Å². The summed E-state index contributed by atoms with van der Waals surface area (Å²) in [6, 6.07) is 7.82. The van der Waals surface area contributed by atoms with E-state index in [9.17, 15) is 4.79 Å². The Morgan fingerprint density at radius 1 is 1.21 bits per heavy atom. The van der Waals surface area contributed by atoms with Crippen molar-refractivity contribution >= 4 is 11.9 Å². The zero-order valence-corrected chi connectivity index (χ0v) is 17.7. The Labute approximate surface area is 172 Å². The molecule has 0 aliphatic carbocycles. The molecule has 1 atom stereocenters. The van der Waals surface area contributed by atoms with Crippen LogP contribution in [0.2, 0.25) is 0 Å². The highest BCUT2D eigenvalue weighted by molar-refractivity contribution is 5.77. The van der Waals surface area contributed by atoms with Crippen LogP contribution >= 0.6 is 0 Å². The molecule has 1 saturated heterocycles. The van der Waals surface area contributed by atoms with Gasteiger partial charge in [0.25, 0.3) is 0 Å². The number of carbonyl (C=O) groups excluding carboxylic acids is 1. The Morgan fingerprint density at radius 2 is 1.97 bits per heavy atom. The van der Waals surface area contributed by atoms with Crippen molar-refractivity contribution < 1.29 is 14.3 Å². The Hall–Kier alpha value is -2.67. The number of rotatable bonds is 7. The Balaban J connectivity index is 2.03. The number of anilines is 1. The zero-order chi connectivity index (χ0) is 20.8. The molecule has 0 N–H and O–H groups in total. The van der Waals surface area contributed by atoms with Gasteiger partial charge in [-0.1, -0.05) is 12.1 Å². The van der Waals surface area contributed by atoms with Gasteiger partial charge in [0.1, 0.15) is 5.75 Å². The second-order valence-electron chi connectivity index (χ2n) is 7.43. The minimum absolute atomic E-state index is 0.0630. The molecule has 1 aliphatic heterocycles. The first-order chi connectivity index (χ1) is 14.0. The molecule has 0 saturated carbocycles. The molecule has 1 aromatic heterocycles. The fraction of sp³-hybridized carbons (Fsp3) is 0.500. The van der Waals surface area contributed by atoms with Gasteiger partial charge >= 0.3 is 0 Å². The predicted molar refractivity (Wildman–Crippen MR) is 113 cm³/mol. The van der Waals surface area contributed by atoms with Crippen molar-refractivity contribution in [3.05, 3.63) is 36.2 Å². The SMILES string of the molecule is COCCC(=O)N1CCCCC1c1nc(N(C)C)ncc1-c1ccc(OC)cc1. The number of ether oxygens (including phenoxy) is 2. The second kappa shape index (κ2) is 9.69. The lowest BCUT2D eigenvalue weighted by Gasteiger charge is -2.36. The molecule has 1 unspecified atom stereocenters. The van der Waals surface area contributed by atoms with Gasteiger partial charge in [-0.3, -0.25) is 4.79 Å². The molecule has 7 nitrogen and oxygen atoms in total. The van der Waals surface area contributed by atoms with Gasteiger partial charge in [-0.15, -0.1) is 0 Å². The van der Waals surface area contributed by atoms with Crippen LogP contribution in [0.15, 0.2) is 30.5 Å². The van der Waals surface area contributed by atoms with E-state index in [1.807, 2.05) is 54.4 Å². The maximum absolute atomic E-state index is 12.9.